The Hall–Kier alpha value is -1.39. The number of benzene rings is 1. The number of hydrogen-bond acceptors (Lipinski definition) is 3. The van der Waals surface area contributed by atoms with Crippen LogP contribution in [0.3, 0.4) is 0 Å². The molecule has 0 saturated carbocycles. The molecule has 2 saturated heterocycles. The van der Waals surface area contributed by atoms with Gasteiger partial charge < -0.3 is 10.2 Å². The third kappa shape index (κ3) is 4.55. The molecule has 0 aromatic heterocycles. The van der Waals surface area contributed by atoms with E-state index in [4.69, 9.17) is 0 Å². The smallest absolute Gasteiger partial charge is 0.219 e. The first kappa shape index (κ1) is 16.5. The molecule has 126 valence electrons. The van der Waals surface area contributed by atoms with E-state index in [1.807, 2.05) is 4.90 Å². The summed E-state index contributed by atoms with van der Waals surface area (Å²) >= 11 is 0. The third-order valence-corrected chi connectivity index (χ3v) is 5.34. The van der Waals surface area contributed by atoms with Crippen LogP contribution in [0.4, 0.5) is 0 Å². The molecule has 0 radical (unpaired) electrons. The average Bonchev–Trinajstić information content (AvgIpc) is 2.58. The van der Waals surface area contributed by atoms with Gasteiger partial charge in [-0.1, -0.05) is 30.3 Å². The summed E-state index contributed by atoms with van der Waals surface area (Å²) in [7, 11) is 0. The first-order chi connectivity index (χ1) is 11.2. The number of piperazine rings is 1. The van der Waals surface area contributed by atoms with Gasteiger partial charge in [0, 0.05) is 45.7 Å². The average molecular weight is 315 g/mol. The Bertz CT molecular complexity index is 497. The maximum Gasteiger partial charge on any atom is 0.219 e. The van der Waals surface area contributed by atoms with Crippen LogP contribution in [0.1, 0.15) is 25.3 Å². The van der Waals surface area contributed by atoms with E-state index in [-0.39, 0.29) is 5.91 Å². The Labute approximate surface area is 139 Å². The van der Waals surface area contributed by atoms with Crippen molar-refractivity contribution < 1.29 is 4.79 Å². The number of carbonyl (C=O) groups excluding carboxylic acids is 1. The number of rotatable bonds is 4. The van der Waals surface area contributed by atoms with Crippen LogP contribution in [0.25, 0.3) is 0 Å². The van der Waals surface area contributed by atoms with Gasteiger partial charge in [0.05, 0.1) is 0 Å². The fourth-order valence-electron chi connectivity index (χ4n) is 3.92. The summed E-state index contributed by atoms with van der Waals surface area (Å²) in [4.78, 5) is 16.0. The van der Waals surface area contributed by atoms with E-state index < -0.39 is 0 Å². The van der Waals surface area contributed by atoms with Gasteiger partial charge in [-0.25, -0.2) is 0 Å². The highest BCUT2D eigenvalue weighted by molar-refractivity contribution is 5.73. The number of nitrogens with zero attached hydrogens (tertiary/aromatic N) is 2. The van der Waals surface area contributed by atoms with Crippen molar-refractivity contribution in [2.75, 3.05) is 39.3 Å². The lowest BCUT2D eigenvalue weighted by molar-refractivity contribution is -0.130. The van der Waals surface area contributed by atoms with Crippen LogP contribution in [-0.2, 0) is 11.2 Å². The van der Waals surface area contributed by atoms with Crippen molar-refractivity contribution in [2.45, 2.75) is 32.2 Å². The van der Waals surface area contributed by atoms with Gasteiger partial charge >= 0.3 is 0 Å². The van der Waals surface area contributed by atoms with Crippen molar-refractivity contribution in [3.8, 4) is 0 Å². The number of hydrogen-bond donors (Lipinski definition) is 1. The molecular weight excluding hydrogens is 286 g/mol. The van der Waals surface area contributed by atoms with Crippen LogP contribution in [0.15, 0.2) is 30.3 Å². The van der Waals surface area contributed by atoms with E-state index in [1.165, 1.54) is 18.4 Å². The largest absolute Gasteiger partial charge is 0.340 e. The Morgan fingerprint density at radius 3 is 2.61 bits per heavy atom. The van der Waals surface area contributed by atoms with Crippen molar-refractivity contribution in [1.29, 1.82) is 0 Å². The Morgan fingerprint density at radius 2 is 1.91 bits per heavy atom. The van der Waals surface area contributed by atoms with Crippen LogP contribution in [-0.4, -0.2) is 61.0 Å². The van der Waals surface area contributed by atoms with E-state index >= 15 is 0 Å². The molecule has 2 aliphatic heterocycles. The molecule has 1 amide bonds. The molecule has 2 unspecified atom stereocenters. The second-order valence-corrected chi connectivity index (χ2v) is 6.96. The maximum absolute atomic E-state index is 11.4. The SMILES string of the molecule is CC(=O)N1CCN(CC2CCCNC2Cc2ccccc2)CC1. The first-order valence-corrected chi connectivity index (χ1v) is 8.97. The zero-order valence-corrected chi connectivity index (χ0v) is 14.2. The van der Waals surface area contributed by atoms with Crippen molar-refractivity contribution in [3.05, 3.63) is 35.9 Å². The van der Waals surface area contributed by atoms with Gasteiger partial charge in [-0.3, -0.25) is 9.69 Å². The van der Waals surface area contributed by atoms with Gasteiger partial charge in [-0.15, -0.1) is 0 Å². The quantitative estimate of drug-likeness (QED) is 0.920. The van der Waals surface area contributed by atoms with Crippen molar-refractivity contribution >= 4 is 5.91 Å². The molecule has 2 heterocycles. The molecule has 4 heteroatoms. The molecule has 2 fully saturated rings. The summed E-state index contributed by atoms with van der Waals surface area (Å²) in [5.74, 6) is 0.929. The monoisotopic (exact) mass is 315 g/mol. The molecule has 23 heavy (non-hydrogen) atoms. The molecule has 1 aromatic rings. The van der Waals surface area contributed by atoms with Crippen molar-refractivity contribution in [3.63, 3.8) is 0 Å². The van der Waals surface area contributed by atoms with Crippen molar-refractivity contribution in [2.24, 2.45) is 5.92 Å². The van der Waals surface area contributed by atoms with Crippen LogP contribution in [0.5, 0.6) is 0 Å². The second kappa shape index (κ2) is 7.93. The van der Waals surface area contributed by atoms with Crippen LogP contribution in [0.2, 0.25) is 0 Å². The molecular formula is C19H29N3O. The molecule has 0 spiro atoms. The second-order valence-electron chi connectivity index (χ2n) is 6.96. The third-order valence-electron chi connectivity index (χ3n) is 5.34. The minimum absolute atomic E-state index is 0.214. The molecule has 2 atom stereocenters. The van der Waals surface area contributed by atoms with E-state index in [9.17, 15) is 4.79 Å². The Balaban J connectivity index is 1.54. The fourth-order valence-corrected chi connectivity index (χ4v) is 3.92. The minimum atomic E-state index is 0.214. The molecule has 1 N–H and O–H groups in total. The highest BCUT2D eigenvalue weighted by atomic mass is 16.2. The van der Waals surface area contributed by atoms with E-state index in [0.717, 1.165) is 45.7 Å². The van der Waals surface area contributed by atoms with Crippen LogP contribution < -0.4 is 5.32 Å². The predicted octanol–water partition coefficient (Wildman–Crippen LogP) is 1.76. The number of carbonyl (C=O) groups is 1. The zero-order chi connectivity index (χ0) is 16.1. The minimum Gasteiger partial charge on any atom is -0.340 e. The topological polar surface area (TPSA) is 35.6 Å². The Kier molecular flexibility index (Phi) is 5.68. The van der Waals surface area contributed by atoms with Gasteiger partial charge in [0.2, 0.25) is 5.91 Å². The summed E-state index contributed by atoms with van der Waals surface area (Å²) in [5.41, 5.74) is 1.43. The number of amides is 1. The predicted molar refractivity (Wildman–Crippen MR) is 93.4 cm³/mol. The number of piperidine rings is 1. The fraction of sp³-hybridized carbons (Fsp3) is 0.632. The summed E-state index contributed by atoms with van der Waals surface area (Å²) < 4.78 is 0. The summed E-state index contributed by atoms with van der Waals surface area (Å²) in [6.45, 7) is 7.80. The molecule has 2 aliphatic rings. The first-order valence-electron chi connectivity index (χ1n) is 8.97. The molecule has 0 aliphatic carbocycles. The van der Waals surface area contributed by atoms with Gasteiger partial charge in [0.1, 0.15) is 0 Å². The number of nitrogens with one attached hydrogen (secondary N) is 1. The molecule has 3 rings (SSSR count). The van der Waals surface area contributed by atoms with E-state index in [0.29, 0.717) is 12.0 Å². The summed E-state index contributed by atoms with van der Waals surface area (Å²) in [5, 5.41) is 3.74. The lowest BCUT2D eigenvalue weighted by Gasteiger charge is -2.40. The lowest BCUT2D eigenvalue weighted by atomic mass is 9.86. The van der Waals surface area contributed by atoms with E-state index in [1.54, 1.807) is 6.92 Å². The standard InChI is InChI=1S/C19H29N3O/c1-16(23)22-12-10-21(11-13-22)15-18-8-5-9-20-19(18)14-17-6-3-2-4-7-17/h2-4,6-7,18-20H,5,8-15H2,1H3. The lowest BCUT2D eigenvalue weighted by Crippen LogP contribution is -2.52. The van der Waals surface area contributed by atoms with Crippen LogP contribution >= 0.6 is 0 Å². The van der Waals surface area contributed by atoms with Crippen LogP contribution in [0, 0.1) is 5.92 Å². The van der Waals surface area contributed by atoms with Gasteiger partial charge in [-0.2, -0.15) is 0 Å². The normalized spacial score (nSPS) is 26.2. The Morgan fingerprint density at radius 1 is 1.17 bits per heavy atom. The van der Waals surface area contributed by atoms with Gasteiger partial charge in [0.25, 0.3) is 0 Å². The van der Waals surface area contributed by atoms with E-state index in [2.05, 4.69) is 40.5 Å². The molecule has 1 aromatic carbocycles. The zero-order valence-electron chi connectivity index (χ0n) is 14.2. The maximum atomic E-state index is 11.4. The molecule has 4 nitrogen and oxygen atoms in total. The van der Waals surface area contributed by atoms with Gasteiger partial charge in [-0.05, 0) is 37.3 Å². The summed E-state index contributed by atoms with van der Waals surface area (Å²) in [6.07, 6.45) is 3.72. The van der Waals surface area contributed by atoms with Gasteiger partial charge in [0.15, 0.2) is 0 Å². The van der Waals surface area contributed by atoms with Crippen molar-refractivity contribution in [1.82, 2.24) is 15.1 Å². The summed E-state index contributed by atoms with van der Waals surface area (Å²) in [6, 6.07) is 11.4. The molecule has 0 bridgehead atoms. The highest BCUT2D eigenvalue weighted by Crippen LogP contribution is 2.22. The highest BCUT2D eigenvalue weighted by Gasteiger charge is 2.28.